The molecule has 0 aliphatic carbocycles. The van der Waals surface area contributed by atoms with E-state index in [1.54, 1.807) is 4.57 Å². The van der Waals surface area contributed by atoms with Crippen molar-refractivity contribution in [1.82, 2.24) is 14.8 Å². The number of benzene rings is 2. The van der Waals surface area contributed by atoms with Crippen LogP contribution in [0.1, 0.15) is 31.2 Å². The Labute approximate surface area is 185 Å². The molecule has 0 bridgehead atoms. The Morgan fingerprint density at radius 2 is 1.71 bits per heavy atom. The lowest BCUT2D eigenvalue weighted by molar-refractivity contribution is -0.113. The molecule has 1 aliphatic rings. The van der Waals surface area contributed by atoms with Crippen LogP contribution in [0.3, 0.4) is 0 Å². The zero-order chi connectivity index (χ0) is 21.5. The first-order valence-corrected chi connectivity index (χ1v) is 11.6. The number of thioether (sulfide) groups is 1. The molecule has 1 aliphatic heterocycles. The van der Waals surface area contributed by atoms with E-state index in [0.29, 0.717) is 11.7 Å². The lowest BCUT2D eigenvalue weighted by atomic mass is 10.2. The smallest absolute Gasteiger partial charge is 0.344 e. The van der Waals surface area contributed by atoms with Gasteiger partial charge in [-0.2, -0.15) is 0 Å². The van der Waals surface area contributed by atoms with Crippen LogP contribution in [0, 0.1) is 0 Å². The average Bonchev–Trinajstić information content (AvgIpc) is 2.97. The predicted octanol–water partition coefficient (Wildman–Crippen LogP) is 3.73. The third-order valence-corrected chi connectivity index (χ3v) is 6.34. The summed E-state index contributed by atoms with van der Waals surface area (Å²) < 4.78 is 1.54. The van der Waals surface area contributed by atoms with E-state index in [2.05, 4.69) is 32.5 Å². The molecule has 7 nitrogen and oxygen atoms in total. The molecular formula is C23H27N5O2S. The van der Waals surface area contributed by atoms with E-state index in [-0.39, 0.29) is 17.3 Å². The highest BCUT2D eigenvalue weighted by Gasteiger charge is 2.13. The number of nitrogens with one attached hydrogen (secondary N) is 2. The Balaban J connectivity index is 1.32. The lowest BCUT2D eigenvalue weighted by Gasteiger charge is -2.22. The third-order valence-electron chi connectivity index (χ3n) is 5.36. The molecular weight excluding hydrogens is 410 g/mol. The minimum Gasteiger partial charge on any atom is -0.372 e. The summed E-state index contributed by atoms with van der Waals surface area (Å²) in [5.41, 5.74) is 2.70. The SMILES string of the molecule is O=C(CSc1n[nH]c(=O)n1Cc1ccccc1)Nc1ccc(N2CCCCCC2)cc1. The van der Waals surface area contributed by atoms with Crippen LogP contribution in [0.5, 0.6) is 0 Å². The highest BCUT2D eigenvalue weighted by molar-refractivity contribution is 7.99. The number of carbonyl (C=O) groups is 1. The van der Waals surface area contributed by atoms with Crippen LogP contribution in [0.2, 0.25) is 0 Å². The average molecular weight is 438 g/mol. The molecule has 8 heteroatoms. The zero-order valence-electron chi connectivity index (χ0n) is 17.4. The summed E-state index contributed by atoms with van der Waals surface area (Å²) in [5.74, 6) is 0.0432. The van der Waals surface area contributed by atoms with Gasteiger partial charge in [0.1, 0.15) is 0 Å². The van der Waals surface area contributed by atoms with Crippen LogP contribution in [-0.4, -0.2) is 39.5 Å². The predicted molar refractivity (Wildman–Crippen MR) is 125 cm³/mol. The monoisotopic (exact) mass is 437 g/mol. The first-order valence-electron chi connectivity index (χ1n) is 10.7. The molecule has 0 atom stereocenters. The van der Waals surface area contributed by atoms with E-state index in [4.69, 9.17) is 0 Å². The van der Waals surface area contributed by atoms with Crippen LogP contribution in [-0.2, 0) is 11.3 Å². The molecule has 1 aromatic heterocycles. The van der Waals surface area contributed by atoms with Gasteiger partial charge in [-0.05, 0) is 42.7 Å². The van der Waals surface area contributed by atoms with Crippen LogP contribution < -0.4 is 15.9 Å². The van der Waals surface area contributed by atoms with Crippen molar-refractivity contribution in [3.63, 3.8) is 0 Å². The summed E-state index contributed by atoms with van der Waals surface area (Å²) >= 11 is 1.24. The summed E-state index contributed by atoms with van der Waals surface area (Å²) in [6, 6.07) is 17.7. The molecule has 2 heterocycles. The summed E-state index contributed by atoms with van der Waals surface area (Å²) in [6.45, 7) is 2.60. The highest BCUT2D eigenvalue weighted by atomic mass is 32.2. The van der Waals surface area contributed by atoms with E-state index < -0.39 is 0 Å². The molecule has 1 saturated heterocycles. The van der Waals surface area contributed by atoms with Crippen molar-refractivity contribution in [2.75, 3.05) is 29.1 Å². The summed E-state index contributed by atoms with van der Waals surface area (Å²) in [4.78, 5) is 26.9. The van der Waals surface area contributed by atoms with Crippen molar-refractivity contribution in [1.29, 1.82) is 0 Å². The summed E-state index contributed by atoms with van der Waals surface area (Å²) in [6.07, 6.45) is 5.07. The van der Waals surface area contributed by atoms with Crippen molar-refractivity contribution in [3.05, 3.63) is 70.6 Å². The van der Waals surface area contributed by atoms with Gasteiger partial charge in [-0.25, -0.2) is 9.89 Å². The fourth-order valence-electron chi connectivity index (χ4n) is 3.73. The molecule has 2 N–H and O–H groups in total. The van der Waals surface area contributed by atoms with Crippen molar-refractivity contribution in [3.8, 4) is 0 Å². The standard InChI is InChI=1S/C23H27N5O2S/c29-21(24-19-10-12-20(13-11-19)27-14-6-1-2-7-15-27)17-31-23-26-25-22(30)28(23)16-18-8-4-3-5-9-18/h3-5,8-13H,1-2,6-7,14-17H2,(H,24,29)(H,25,30). The van der Waals surface area contributed by atoms with Crippen LogP contribution in [0.25, 0.3) is 0 Å². The van der Waals surface area contributed by atoms with E-state index in [0.717, 1.165) is 24.3 Å². The van der Waals surface area contributed by atoms with Gasteiger partial charge in [-0.3, -0.25) is 9.36 Å². The molecule has 31 heavy (non-hydrogen) atoms. The molecule has 0 unspecified atom stereocenters. The highest BCUT2D eigenvalue weighted by Crippen LogP contribution is 2.22. The number of hydrogen-bond donors (Lipinski definition) is 2. The Morgan fingerprint density at radius 1 is 1.00 bits per heavy atom. The summed E-state index contributed by atoms with van der Waals surface area (Å²) in [5, 5.41) is 9.97. The maximum Gasteiger partial charge on any atom is 0.344 e. The van der Waals surface area contributed by atoms with Crippen LogP contribution in [0.4, 0.5) is 11.4 Å². The number of nitrogens with zero attached hydrogens (tertiary/aromatic N) is 3. The Kier molecular flexibility index (Phi) is 7.09. The molecule has 3 aromatic rings. The number of amides is 1. The number of aromatic nitrogens is 3. The van der Waals surface area contributed by atoms with Gasteiger partial charge in [-0.15, -0.1) is 5.10 Å². The molecule has 2 aromatic carbocycles. The molecule has 0 spiro atoms. The van der Waals surface area contributed by atoms with Crippen molar-refractivity contribution in [2.24, 2.45) is 0 Å². The molecule has 4 rings (SSSR count). The Hall–Kier alpha value is -3.00. The molecule has 1 amide bonds. The van der Waals surface area contributed by atoms with Gasteiger partial charge < -0.3 is 10.2 Å². The number of rotatable bonds is 7. The topological polar surface area (TPSA) is 83.0 Å². The van der Waals surface area contributed by atoms with Gasteiger partial charge in [0.2, 0.25) is 5.91 Å². The zero-order valence-corrected chi connectivity index (χ0v) is 18.2. The Morgan fingerprint density at radius 3 is 2.42 bits per heavy atom. The van der Waals surface area contributed by atoms with Gasteiger partial charge in [0, 0.05) is 24.5 Å². The fourth-order valence-corrected chi connectivity index (χ4v) is 4.48. The maximum atomic E-state index is 12.4. The Bertz CT molecular complexity index is 1040. The van der Waals surface area contributed by atoms with Crippen molar-refractivity contribution >= 4 is 29.0 Å². The van der Waals surface area contributed by atoms with Gasteiger partial charge in [0.15, 0.2) is 5.16 Å². The second-order valence-electron chi connectivity index (χ2n) is 7.67. The van der Waals surface area contributed by atoms with Gasteiger partial charge in [0.05, 0.1) is 12.3 Å². The number of anilines is 2. The number of hydrogen-bond acceptors (Lipinski definition) is 5. The normalized spacial score (nSPS) is 14.3. The molecule has 0 radical (unpaired) electrons. The van der Waals surface area contributed by atoms with Crippen molar-refractivity contribution < 1.29 is 4.79 Å². The van der Waals surface area contributed by atoms with E-state index >= 15 is 0 Å². The summed E-state index contributed by atoms with van der Waals surface area (Å²) in [7, 11) is 0. The fraction of sp³-hybridized carbons (Fsp3) is 0.348. The van der Waals surface area contributed by atoms with E-state index in [1.165, 1.54) is 43.1 Å². The van der Waals surface area contributed by atoms with E-state index in [9.17, 15) is 9.59 Å². The molecule has 162 valence electrons. The molecule has 1 fully saturated rings. The minimum atomic E-state index is -0.282. The quantitative estimate of drug-likeness (QED) is 0.551. The second kappa shape index (κ2) is 10.3. The number of H-pyrrole nitrogens is 1. The first-order chi connectivity index (χ1) is 15.2. The van der Waals surface area contributed by atoms with Crippen LogP contribution in [0.15, 0.2) is 64.5 Å². The largest absolute Gasteiger partial charge is 0.372 e. The second-order valence-corrected chi connectivity index (χ2v) is 8.61. The van der Waals surface area contributed by atoms with Crippen LogP contribution >= 0.6 is 11.8 Å². The minimum absolute atomic E-state index is 0.130. The van der Waals surface area contributed by atoms with Gasteiger partial charge >= 0.3 is 5.69 Å². The molecule has 0 saturated carbocycles. The van der Waals surface area contributed by atoms with Gasteiger partial charge in [-0.1, -0.05) is 54.9 Å². The van der Waals surface area contributed by atoms with Gasteiger partial charge in [0.25, 0.3) is 0 Å². The maximum absolute atomic E-state index is 12.4. The van der Waals surface area contributed by atoms with Crippen molar-refractivity contribution in [2.45, 2.75) is 37.4 Å². The van der Waals surface area contributed by atoms with E-state index in [1.807, 2.05) is 42.5 Å². The number of carbonyl (C=O) groups excluding carboxylic acids is 1. The number of aromatic amines is 1. The third kappa shape index (κ3) is 5.79. The first kappa shape index (κ1) is 21.2. The lowest BCUT2D eigenvalue weighted by Crippen LogP contribution is -2.23.